The molecule has 0 aromatic carbocycles. The molecule has 0 radical (unpaired) electrons. The molecule has 1 fully saturated rings. The van der Waals surface area contributed by atoms with Gasteiger partial charge < -0.3 is 15.1 Å². The number of carbonyl (C=O) groups is 2. The van der Waals surface area contributed by atoms with E-state index >= 15 is 0 Å². The Morgan fingerprint density at radius 2 is 2.00 bits per heavy atom. The third-order valence-electron chi connectivity index (χ3n) is 5.02. The van der Waals surface area contributed by atoms with Crippen LogP contribution in [0.3, 0.4) is 0 Å². The van der Waals surface area contributed by atoms with Crippen LogP contribution >= 0.6 is 0 Å². The number of carbonyl (C=O) groups excluding carboxylic acids is 1. The summed E-state index contributed by atoms with van der Waals surface area (Å²) in [6, 6.07) is -0.746. The Labute approximate surface area is 172 Å². The molecule has 7 heteroatoms. The smallest absolute Gasteiger partial charge is 0.327 e. The van der Waals surface area contributed by atoms with Gasteiger partial charge in [-0.25, -0.2) is 0 Å². The molecule has 3 atom stereocenters. The first kappa shape index (κ1) is 25.1. The second-order valence-electron chi connectivity index (χ2n) is 7.69. The van der Waals surface area contributed by atoms with Crippen LogP contribution in [0.15, 0.2) is 12.2 Å². The lowest BCUT2D eigenvalue weighted by molar-refractivity contribution is -0.148. The first-order valence-electron chi connectivity index (χ1n) is 10.4. The summed E-state index contributed by atoms with van der Waals surface area (Å²) in [5, 5.41) is 18.9. The lowest BCUT2D eigenvalue weighted by Gasteiger charge is -2.22. The van der Waals surface area contributed by atoms with Crippen molar-refractivity contribution in [3.8, 4) is 11.8 Å². The zero-order valence-electron chi connectivity index (χ0n) is 17.4. The molecule has 0 saturated carbocycles. The van der Waals surface area contributed by atoms with E-state index in [0.29, 0.717) is 32.1 Å². The molecule has 0 aliphatic carbocycles. The number of hydrogen-bond donors (Lipinski definition) is 2. The topological polar surface area (TPSA) is 77.8 Å². The largest absolute Gasteiger partial charge is 0.481 e. The summed E-state index contributed by atoms with van der Waals surface area (Å²) in [5.74, 6) is 0.480. The highest BCUT2D eigenvalue weighted by atomic mass is 19.3. The minimum Gasteiger partial charge on any atom is -0.481 e. The van der Waals surface area contributed by atoms with Crippen molar-refractivity contribution in [3.05, 3.63) is 12.2 Å². The first-order valence-corrected chi connectivity index (χ1v) is 10.4. The molecule has 5 nitrogen and oxygen atoms in total. The Bertz CT molecular complexity index is 624. The second-order valence-corrected chi connectivity index (χ2v) is 7.69. The van der Waals surface area contributed by atoms with Crippen LogP contribution in [0.25, 0.3) is 0 Å². The lowest BCUT2D eigenvalue weighted by Crippen LogP contribution is -2.36. The van der Waals surface area contributed by atoms with Gasteiger partial charge >= 0.3 is 11.9 Å². The number of nitrogens with zero attached hydrogens (tertiary/aromatic N) is 1. The fourth-order valence-electron chi connectivity index (χ4n) is 3.17. The molecule has 0 aromatic rings. The van der Waals surface area contributed by atoms with Crippen LogP contribution in [0, 0.1) is 17.8 Å². The van der Waals surface area contributed by atoms with Crippen LogP contribution in [0.1, 0.15) is 71.6 Å². The van der Waals surface area contributed by atoms with Crippen LogP contribution in [0.5, 0.6) is 0 Å². The highest BCUT2D eigenvalue weighted by Crippen LogP contribution is 2.34. The van der Waals surface area contributed by atoms with E-state index in [2.05, 4.69) is 11.8 Å². The molecule has 0 bridgehead atoms. The van der Waals surface area contributed by atoms with E-state index in [9.17, 15) is 23.5 Å². The number of halogens is 2. The molecule has 1 amide bonds. The molecule has 1 rings (SSSR count). The molecular weight excluding hydrogens is 380 g/mol. The third-order valence-corrected chi connectivity index (χ3v) is 5.02. The van der Waals surface area contributed by atoms with Gasteiger partial charge in [0.1, 0.15) is 0 Å². The molecule has 1 saturated heterocycles. The Kier molecular flexibility index (Phi) is 10.9. The number of aliphatic carboxylic acids is 1. The quantitative estimate of drug-likeness (QED) is 0.288. The third kappa shape index (κ3) is 8.95. The molecule has 2 N–H and O–H groups in total. The van der Waals surface area contributed by atoms with Crippen LogP contribution in [-0.2, 0) is 9.59 Å². The summed E-state index contributed by atoms with van der Waals surface area (Å²) in [7, 11) is 0. The van der Waals surface area contributed by atoms with Gasteiger partial charge in [-0.1, -0.05) is 38.8 Å². The molecule has 1 heterocycles. The van der Waals surface area contributed by atoms with E-state index < -0.39 is 36.4 Å². The minimum atomic E-state index is -3.39. The second kappa shape index (κ2) is 12.6. The van der Waals surface area contributed by atoms with Gasteiger partial charge in [-0.15, -0.1) is 11.8 Å². The standard InChI is InChI=1S/C22H33F2NO4/c1-3-4-5-8-11-17(2)19(26)14-13-18-16-22(23,24)21(29)25(18)15-10-7-6-9-12-20(27)28/h13-14,17-19,26H,3-4,6-7,9-12,15-16H2,1-2H3,(H,27,28)/t17?,18-,19?/m0/s1. The number of amides is 1. The van der Waals surface area contributed by atoms with E-state index in [0.717, 1.165) is 12.8 Å². The van der Waals surface area contributed by atoms with Crippen molar-refractivity contribution >= 4 is 11.9 Å². The van der Waals surface area contributed by atoms with E-state index in [4.69, 9.17) is 5.11 Å². The van der Waals surface area contributed by atoms with Crippen molar-refractivity contribution in [2.75, 3.05) is 6.54 Å². The lowest BCUT2D eigenvalue weighted by atomic mass is 9.99. The van der Waals surface area contributed by atoms with Gasteiger partial charge in [0.25, 0.3) is 5.91 Å². The van der Waals surface area contributed by atoms with Crippen molar-refractivity contribution in [1.82, 2.24) is 4.90 Å². The Morgan fingerprint density at radius 3 is 2.66 bits per heavy atom. The normalized spacial score (nSPS) is 20.5. The van der Waals surface area contributed by atoms with Gasteiger partial charge in [0, 0.05) is 32.2 Å². The molecule has 29 heavy (non-hydrogen) atoms. The molecule has 1 aliphatic heterocycles. The maximum absolute atomic E-state index is 13.9. The van der Waals surface area contributed by atoms with Gasteiger partial charge in [0.05, 0.1) is 12.1 Å². The maximum atomic E-state index is 13.9. The highest BCUT2D eigenvalue weighted by Gasteiger charge is 2.52. The number of aliphatic hydroxyl groups excluding tert-OH is 1. The predicted octanol–water partition coefficient (Wildman–Crippen LogP) is 4.00. The number of unbranched alkanes of at least 4 members (excludes halogenated alkanes) is 4. The number of alkyl halides is 2. The van der Waals surface area contributed by atoms with Crippen molar-refractivity contribution in [3.63, 3.8) is 0 Å². The number of carboxylic acids is 1. The van der Waals surface area contributed by atoms with Crippen molar-refractivity contribution in [2.45, 2.75) is 89.7 Å². The van der Waals surface area contributed by atoms with Gasteiger partial charge in [-0.2, -0.15) is 8.78 Å². The average molecular weight is 414 g/mol. The van der Waals surface area contributed by atoms with Crippen molar-refractivity contribution in [1.29, 1.82) is 0 Å². The molecule has 2 unspecified atom stereocenters. The van der Waals surface area contributed by atoms with E-state index in [-0.39, 0.29) is 18.9 Å². The highest BCUT2D eigenvalue weighted by molar-refractivity contribution is 5.86. The van der Waals surface area contributed by atoms with Crippen LogP contribution in [0.4, 0.5) is 8.78 Å². The predicted molar refractivity (Wildman–Crippen MR) is 107 cm³/mol. The summed E-state index contributed by atoms with van der Waals surface area (Å²) < 4.78 is 27.8. The molecule has 0 aromatic heterocycles. The van der Waals surface area contributed by atoms with E-state index in [1.54, 1.807) is 0 Å². The molecule has 1 aliphatic rings. The fraction of sp³-hybridized carbons (Fsp3) is 0.727. The zero-order chi connectivity index (χ0) is 21.9. The first-order chi connectivity index (χ1) is 13.7. The van der Waals surface area contributed by atoms with Crippen LogP contribution < -0.4 is 0 Å². The average Bonchev–Trinajstić information content (AvgIpc) is 2.88. The van der Waals surface area contributed by atoms with Crippen LogP contribution in [-0.4, -0.2) is 51.6 Å². The van der Waals surface area contributed by atoms with E-state index in [1.165, 1.54) is 17.1 Å². The summed E-state index contributed by atoms with van der Waals surface area (Å²) in [4.78, 5) is 23.7. The summed E-state index contributed by atoms with van der Waals surface area (Å²) >= 11 is 0. The number of carboxylic acid groups (broad SMARTS) is 1. The molecular formula is C22H33F2NO4. The maximum Gasteiger partial charge on any atom is 0.327 e. The Hall–Kier alpha value is -1.94. The summed E-state index contributed by atoms with van der Waals surface area (Å²) in [6.07, 6.45) is 6.42. The number of hydrogen-bond acceptors (Lipinski definition) is 3. The Balaban J connectivity index is 2.57. The summed E-state index contributed by atoms with van der Waals surface area (Å²) in [6.45, 7) is 4.08. The van der Waals surface area contributed by atoms with Gasteiger partial charge in [-0.3, -0.25) is 9.59 Å². The van der Waals surface area contributed by atoms with Gasteiger partial charge in [-0.05, 0) is 25.2 Å². The minimum absolute atomic E-state index is 0.0883. The fourth-order valence-corrected chi connectivity index (χ4v) is 3.17. The van der Waals surface area contributed by atoms with E-state index in [1.807, 2.05) is 13.8 Å². The molecule has 0 spiro atoms. The van der Waals surface area contributed by atoms with Crippen LogP contribution in [0.2, 0.25) is 0 Å². The Morgan fingerprint density at radius 1 is 1.31 bits per heavy atom. The monoisotopic (exact) mass is 413 g/mol. The number of rotatable bonds is 12. The van der Waals surface area contributed by atoms with Gasteiger partial charge in [0.15, 0.2) is 0 Å². The van der Waals surface area contributed by atoms with Crippen molar-refractivity contribution < 1.29 is 28.6 Å². The SMILES string of the molecule is CCCC#CCC(C)C(O)C=C[C@H]1CC(F)(F)C(=O)N1CCCCCCC(=O)O. The number of likely N-dealkylation sites (tertiary alicyclic amines) is 1. The zero-order valence-corrected chi connectivity index (χ0v) is 17.4. The van der Waals surface area contributed by atoms with Gasteiger partial charge in [0.2, 0.25) is 0 Å². The summed E-state index contributed by atoms with van der Waals surface area (Å²) in [5.41, 5.74) is 0. The molecule has 164 valence electrons. The number of aliphatic hydroxyl groups is 1. The van der Waals surface area contributed by atoms with Crippen molar-refractivity contribution in [2.24, 2.45) is 5.92 Å².